The van der Waals surface area contributed by atoms with E-state index < -0.39 is 0 Å². The number of halogens is 2. The normalized spacial score (nSPS) is 10.8. The summed E-state index contributed by atoms with van der Waals surface area (Å²) in [6, 6.07) is 5.43. The predicted octanol–water partition coefficient (Wildman–Crippen LogP) is 4.62. The van der Waals surface area contributed by atoms with E-state index in [9.17, 15) is 0 Å². The predicted molar refractivity (Wildman–Crippen MR) is 81.1 cm³/mol. The molecule has 0 bridgehead atoms. The highest BCUT2D eigenvalue weighted by molar-refractivity contribution is 6.36. The zero-order valence-corrected chi connectivity index (χ0v) is 12.5. The molecule has 0 saturated carbocycles. The van der Waals surface area contributed by atoms with E-state index in [1.807, 2.05) is 19.2 Å². The fourth-order valence-corrected chi connectivity index (χ4v) is 2.54. The summed E-state index contributed by atoms with van der Waals surface area (Å²) in [5, 5.41) is 4.30. The Balaban J connectivity index is 2.68. The smallest absolute Gasteiger partial charge is 0.133 e. The first kappa shape index (κ1) is 14.1. The monoisotopic (exact) mass is 295 g/mol. The van der Waals surface area contributed by atoms with E-state index in [0.29, 0.717) is 10.0 Å². The van der Waals surface area contributed by atoms with Crippen LogP contribution in [0, 0.1) is 0 Å². The molecule has 0 fully saturated rings. The Morgan fingerprint density at radius 2 is 1.89 bits per heavy atom. The van der Waals surface area contributed by atoms with Gasteiger partial charge in [0.2, 0.25) is 0 Å². The lowest BCUT2D eigenvalue weighted by molar-refractivity contribution is 0.852. The van der Waals surface area contributed by atoms with Crippen molar-refractivity contribution < 1.29 is 0 Å². The third-order valence-corrected chi connectivity index (χ3v) is 3.43. The van der Waals surface area contributed by atoms with E-state index in [0.717, 1.165) is 22.6 Å². The standard InChI is InChI=1S/C14H15Cl2N3/c1-8(2)12-13(18-7-19-14(12)17-3)10-5-4-9(15)6-11(10)16/h4-8H,1-3H3,(H,17,18,19). The minimum absolute atomic E-state index is 0.283. The third-order valence-electron chi connectivity index (χ3n) is 2.88. The first-order chi connectivity index (χ1) is 9.04. The van der Waals surface area contributed by atoms with Crippen molar-refractivity contribution in [3.8, 4) is 11.3 Å². The summed E-state index contributed by atoms with van der Waals surface area (Å²) in [4.78, 5) is 8.65. The van der Waals surface area contributed by atoms with Gasteiger partial charge in [0.25, 0.3) is 0 Å². The second-order valence-corrected chi connectivity index (χ2v) is 5.36. The average molecular weight is 296 g/mol. The first-order valence-corrected chi connectivity index (χ1v) is 6.78. The third kappa shape index (κ3) is 2.82. The molecule has 1 aromatic heterocycles. The average Bonchev–Trinajstić information content (AvgIpc) is 2.37. The second kappa shape index (κ2) is 5.76. The molecule has 1 aromatic carbocycles. The van der Waals surface area contributed by atoms with Crippen LogP contribution in [0.25, 0.3) is 11.3 Å². The summed E-state index contributed by atoms with van der Waals surface area (Å²) in [7, 11) is 1.85. The Kier molecular flexibility index (Phi) is 4.27. The lowest BCUT2D eigenvalue weighted by Gasteiger charge is -2.16. The molecule has 0 saturated heterocycles. The minimum Gasteiger partial charge on any atom is -0.373 e. The van der Waals surface area contributed by atoms with Crippen LogP contribution in [0.15, 0.2) is 24.5 Å². The molecular weight excluding hydrogens is 281 g/mol. The lowest BCUT2D eigenvalue weighted by atomic mass is 9.97. The van der Waals surface area contributed by atoms with Gasteiger partial charge < -0.3 is 5.32 Å². The molecule has 2 aromatic rings. The Bertz CT molecular complexity index is 597. The number of nitrogens with one attached hydrogen (secondary N) is 1. The van der Waals surface area contributed by atoms with Gasteiger partial charge in [-0.15, -0.1) is 0 Å². The molecule has 19 heavy (non-hydrogen) atoms. The summed E-state index contributed by atoms with van der Waals surface area (Å²) < 4.78 is 0. The zero-order valence-electron chi connectivity index (χ0n) is 11.0. The van der Waals surface area contributed by atoms with E-state index in [1.54, 1.807) is 6.07 Å². The highest BCUT2D eigenvalue weighted by atomic mass is 35.5. The molecule has 0 spiro atoms. The largest absolute Gasteiger partial charge is 0.373 e. The van der Waals surface area contributed by atoms with Crippen molar-refractivity contribution in [2.45, 2.75) is 19.8 Å². The van der Waals surface area contributed by atoms with Crippen LogP contribution in [-0.4, -0.2) is 17.0 Å². The van der Waals surface area contributed by atoms with Crippen LogP contribution >= 0.6 is 23.2 Å². The van der Waals surface area contributed by atoms with Crippen molar-refractivity contribution in [1.82, 2.24) is 9.97 Å². The lowest BCUT2D eigenvalue weighted by Crippen LogP contribution is -2.04. The molecule has 3 nitrogen and oxygen atoms in total. The van der Waals surface area contributed by atoms with Crippen molar-refractivity contribution in [3.63, 3.8) is 0 Å². The van der Waals surface area contributed by atoms with Crippen molar-refractivity contribution in [1.29, 1.82) is 0 Å². The fraction of sp³-hybridized carbons (Fsp3) is 0.286. The second-order valence-electron chi connectivity index (χ2n) is 4.51. The number of nitrogens with zero attached hydrogens (tertiary/aromatic N) is 2. The van der Waals surface area contributed by atoms with Crippen LogP contribution in [0.1, 0.15) is 25.3 Å². The van der Waals surface area contributed by atoms with Gasteiger partial charge in [0.05, 0.1) is 10.7 Å². The first-order valence-electron chi connectivity index (χ1n) is 6.02. The molecule has 1 heterocycles. The Hall–Kier alpha value is -1.32. The van der Waals surface area contributed by atoms with E-state index in [4.69, 9.17) is 23.2 Å². The van der Waals surface area contributed by atoms with Crippen molar-refractivity contribution >= 4 is 29.0 Å². The maximum Gasteiger partial charge on any atom is 0.133 e. The highest BCUT2D eigenvalue weighted by Crippen LogP contribution is 2.36. The summed E-state index contributed by atoms with van der Waals surface area (Å²) in [5.74, 6) is 1.11. The van der Waals surface area contributed by atoms with Crippen molar-refractivity contribution in [2.75, 3.05) is 12.4 Å². The van der Waals surface area contributed by atoms with Gasteiger partial charge in [-0.25, -0.2) is 9.97 Å². The van der Waals surface area contributed by atoms with Crippen molar-refractivity contribution in [3.05, 3.63) is 40.1 Å². The number of anilines is 1. The van der Waals surface area contributed by atoms with Gasteiger partial charge in [0.15, 0.2) is 0 Å². The molecule has 0 aliphatic heterocycles. The van der Waals surface area contributed by atoms with Crippen LogP contribution in [0.5, 0.6) is 0 Å². The van der Waals surface area contributed by atoms with Crippen molar-refractivity contribution in [2.24, 2.45) is 0 Å². The van der Waals surface area contributed by atoms with Gasteiger partial charge in [0, 0.05) is 23.2 Å². The Morgan fingerprint density at radius 3 is 2.47 bits per heavy atom. The number of benzene rings is 1. The van der Waals surface area contributed by atoms with Crippen LogP contribution in [-0.2, 0) is 0 Å². The van der Waals surface area contributed by atoms with Crippen LogP contribution < -0.4 is 5.32 Å². The number of hydrogen-bond donors (Lipinski definition) is 1. The van der Waals surface area contributed by atoms with Gasteiger partial charge in [-0.1, -0.05) is 37.0 Å². The zero-order chi connectivity index (χ0) is 14.0. The maximum absolute atomic E-state index is 6.27. The highest BCUT2D eigenvalue weighted by Gasteiger charge is 2.17. The number of rotatable bonds is 3. The number of aromatic nitrogens is 2. The molecule has 1 N–H and O–H groups in total. The van der Waals surface area contributed by atoms with Gasteiger partial charge in [-0.2, -0.15) is 0 Å². The van der Waals surface area contributed by atoms with Gasteiger partial charge in [-0.05, 0) is 24.1 Å². The molecule has 2 rings (SSSR count). The molecule has 0 radical (unpaired) electrons. The van der Waals surface area contributed by atoms with E-state index in [-0.39, 0.29) is 5.92 Å². The summed E-state index contributed by atoms with van der Waals surface area (Å²) in [6.07, 6.45) is 1.54. The topological polar surface area (TPSA) is 37.8 Å². The van der Waals surface area contributed by atoms with E-state index in [2.05, 4.69) is 29.1 Å². The molecule has 5 heteroatoms. The number of hydrogen-bond acceptors (Lipinski definition) is 3. The van der Waals surface area contributed by atoms with E-state index in [1.165, 1.54) is 6.33 Å². The Labute approximate surface area is 123 Å². The van der Waals surface area contributed by atoms with Gasteiger partial charge >= 0.3 is 0 Å². The molecule has 0 amide bonds. The van der Waals surface area contributed by atoms with Crippen LogP contribution in [0.4, 0.5) is 5.82 Å². The van der Waals surface area contributed by atoms with Crippen LogP contribution in [0.2, 0.25) is 10.0 Å². The van der Waals surface area contributed by atoms with E-state index >= 15 is 0 Å². The minimum atomic E-state index is 0.283. The summed E-state index contributed by atoms with van der Waals surface area (Å²) in [6.45, 7) is 4.21. The van der Waals surface area contributed by atoms with Crippen LogP contribution in [0.3, 0.4) is 0 Å². The summed E-state index contributed by atoms with van der Waals surface area (Å²) in [5.41, 5.74) is 2.76. The summed E-state index contributed by atoms with van der Waals surface area (Å²) >= 11 is 12.2. The maximum atomic E-state index is 6.27. The quantitative estimate of drug-likeness (QED) is 0.898. The molecule has 0 aliphatic rings. The fourth-order valence-electron chi connectivity index (χ4n) is 2.04. The molecular formula is C14H15Cl2N3. The van der Waals surface area contributed by atoms with Gasteiger partial charge in [-0.3, -0.25) is 0 Å². The SMILES string of the molecule is CNc1ncnc(-c2ccc(Cl)cc2Cl)c1C(C)C. The Morgan fingerprint density at radius 1 is 1.16 bits per heavy atom. The molecule has 100 valence electrons. The molecule has 0 aliphatic carbocycles. The van der Waals surface area contributed by atoms with Gasteiger partial charge in [0.1, 0.15) is 12.1 Å². The molecule has 0 atom stereocenters. The molecule has 0 unspecified atom stereocenters.